The van der Waals surface area contributed by atoms with E-state index in [2.05, 4.69) is 15.0 Å². The van der Waals surface area contributed by atoms with E-state index in [1.807, 2.05) is 24.8 Å². The van der Waals surface area contributed by atoms with Crippen LogP contribution in [0.1, 0.15) is 56.8 Å². The minimum absolute atomic E-state index is 0.0286. The van der Waals surface area contributed by atoms with Crippen molar-refractivity contribution in [2.75, 3.05) is 32.8 Å². The van der Waals surface area contributed by atoms with Gasteiger partial charge in [-0.05, 0) is 38.8 Å². The van der Waals surface area contributed by atoms with E-state index in [-0.39, 0.29) is 17.9 Å². The summed E-state index contributed by atoms with van der Waals surface area (Å²) >= 11 is 0. The lowest BCUT2D eigenvalue weighted by atomic mass is 10.1. The van der Waals surface area contributed by atoms with Crippen LogP contribution in [0.3, 0.4) is 0 Å². The molecule has 0 aromatic carbocycles. The molecule has 8 heteroatoms. The van der Waals surface area contributed by atoms with Crippen LogP contribution in [0, 0.1) is 13.8 Å². The van der Waals surface area contributed by atoms with Crippen LogP contribution in [-0.4, -0.2) is 69.4 Å². The molecule has 2 saturated heterocycles. The van der Waals surface area contributed by atoms with E-state index in [1.165, 1.54) is 0 Å². The molecule has 29 heavy (non-hydrogen) atoms. The zero-order valence-corrected chi connectivity index (χ0v) is 16.8. The Balaban J connectivity index is 1.51. The van der Waals surface area contributed by atoms with E-state index in [0.717, 1.165) is 18.5 Å². The topological polar surface area (TPSA) is 88.5 Å². The second-order valence-corrected chi connectivity index (χ2v) is 7.45. The summed E-state index contributed by atoms with van der Waals surface area (Å²) in [6.07, 6.45) is 4.99. The fourth-order valence-electron chi connectivity index (χ4n) is 3.94. The molecule has 8 nitrogen and oxygen atoms in total. The molecule has 0 saturated carbocycles. The van der Waals surface area contributed by atoms with E-state index >= 15 is 0 Å². The number of nitrogens with zero attached hydrogens (tertiary/aromatic N) is 5. The van der Waals surface area contributed by atoms with Crippen molar-refractivity contribution < 1.29 is 14.3 Å². The summed E-state index contributed by atoms with van der Waals surface area (Å²) in [4.78, 5) is 42.4. The summed E-state index contributed by atoms with van der Waals surface area (Å²) in [6.45, 7) is 6.65. The number of aryl methyl sites for hydroxylation is 2. The highest BCUT2D eigenvalue weighted by atomic mass is 16.5. The highest BCUT2D eigenvalue weighted by Gasteiger charge is 2.32. The third-order valence-electron chi connectivity index (χ3n) is 5.52. The average Bonchev–Trinajstić information content (AvgIpc) is 3.23. The van der Waals surface area contributed by atoms with Crippen LogP contribution >= 0.6 is 0 Å². The van der Waals surface area contributed by atoms with Gasteiger partial charge in [-0.1, -0.05) is 0 Å². The molecule has 0 bridgehead atoms. The number of ether oxygens (including phenoxy) is 1. The Bertz CT molecular complexity index is 909. The number of hydrogen-bond donors (Lipinski definition) is 0. The molecule has 1 atom stereocenters. The number of amides is 2. The Morgan fingerprint density at radius 3 is 2.52 bits per heavy atom. The molecule has 2 aliphatic heterocycles. The number of pyridine rings is 1. The molecule has 152 valence electrons. The Kier molecular flexibility index (Phi) is 5.53. The van der Waals surface area contributed by atoms with Crippen molar-refractivity contribution in [1.29, 1.82) is 0 Å². The Morgan fingerprint density at radius 2 is 1.83 bits per heavy atom. The second kappa shape index (κ2) is 8.24. The third-order valence-corrected chi connectivity index (χ3v) is 5.52. The number of carbonyl (C=O) groups excluding carboxylic acids is 2. The number of rotatable bonds is 3. The Hall–Kier alpha value is -2.87. The number of aromatic nitrogens is 3. The van der Waals surface area contributed by atoms with Crippen LogP contribution in [0.15, 0.2) is 24.5 Å². The molecule has 0 spiro atoms. The lowest BCUT2D eigenvalue weighted by molar-refractivity contribution is 0.0302. The van der Waals surface area contributed by atoms with Gasteiger partial charge in [-0.3, -0.25) is 14.6 Å². The van der Waals surface area contributed by atoms with Crippen molar-refractivity contribution in [3.8, 4) is 0 Å². The standard InChI is InChI=1S/C21H25N5O3/c1-14-17(13-22-15(2)24-14)21(28)26-7-3-4-19(26)18-6-5-16(12-23-18)20(27)25-8-10-29-11-9-25/h5-6,12-13,19H,3-4,7-11H2,1-2H3/t19-/m1/s1. The predicted molar refractivity (Wildman–Crippen MR) is 105 cm³/mol. The first-order chi connectivity index (χ1) is 14.0. The molecule has 4 rings (SSSR count). The van der Waals surface area contributed by atoms with Crippen molar-refractivity contribution in [3.05, 3.63) is 52.9 Å². The first kappa shape index (κ1) is 19.4. The zero-order valence-electron chi connectivity index (χ0n) is 16.8. The van der Waals surface area contributed by atoms with E-state index in [1.54, 1.807) is 23.4 Å². The minimum atomic E-state index is -0.101. The molecule has 0 aliphatic carbocycles. The van der Waals surface area contributed by atoms with Crippen LogP contribution in [-0.2, 0) is 4.74 Å². The van der Waals surface area contributed by atoms with Gasteiger partial charge in [0.15, 0.2) is 0 Å². The van der Waals surface area contributed by atoms with Gasteiger partial charge in [0, 0.05) is 32.0 Å². The fraction of sp³-hybridized carbons (Fsp3) is 0.476. The summed E-state index contributed by atoms with van der Waals surface area (Å²) < 4.78 is 5.30. The van der Waals surface area contributed by atoms with Gasteiger partial charge in [0.05, 0.1) is 41.8 Å². The van der Waals surface area contributed by atoms with Gasteiger partial charge in [-0.2, -0.15) is 0 Å². The molecule has 0 radical (unpaired) electrons. The zero-order chi connectivity index (χ0) is 20.4. The molecule has 0 unspecified atom stereocenters. The summed E-state index contributed by atoms with van der Waals surface area (Å²) in [5, 5.41) is 0. The average molecular weight is 395 g/mol. The van der Waals surface area contributed by atoms with Crippen LogP contribution in [0.25, 0.3) is 0 Å². The number of morpholine rings is 1. The summed E-state index contributed by atoms with van der Waals surface area (Å²) in [5.41, 5.74) is 2.59. The molecule has 2 aromatic rings. The normalized spacial score (nSPS) is 19.4. The lowest BCUT2D eigenvalue weighted by Gasteiger charge is -2.27. The number of likely N-dealkylation sites (tertiary alicyclic amines) is 1. The number of hydrogen-bond acceptors (Lipinski definition) is 6. The molecular weight excluding hydrogens is 370 g/mol. The lowest BCUT2D eigenvalue weighted by Crippen LogP contribution is -2.40. The first-order valence-corrected chi connectivity index (χ1v) is 9.99. The summed E-state index contributed by atoms with van der Waals surface area (Å²) in [7, 11) is 0. The van der Waals surface area contributed by atoms with Crippen LogP contribution in [0.5, 0.6) is 0 Å². The molecule has 0 N–H and O–H groups in total. The van der Waals surface area contributed by atoms with Crippen molar-refractivity contribution in [3.63, 3.8) is 0 Å². The molecule has 2 aliphatic rings. The maximum Gasteiger partial charge on any atom is 0.257 e. The highest BCUT2D eigenvalue weighted by Crippen LogP contribution is 2.32. The SMILES string of the molecule is Cc1ncc(C(=O)N2CCC[C@@H]2c2ccc(C(=O)N3CCOCC3)cn2)c(C)n1. The predicted octanol–water partition coefficient (Wildman–Crippen LogP) is 1.94. The van der Waals surface area contributed by atoms with Gasteiger partial charge in [-0.25, -0.2) is 9.97 Å². The van der Waals surface area contributed by atoms with Crippen molar-refractivity contribution in [2.45, 2.75) is 32.7 Å². The maximum atomic E-state index is 13.1. The minimum Gasteiger partial charge on any atom is -0.378 e. The first-order valence-electron chi connectivity index (χ1n) is 9.99. The molecule has 2 fully saturated rings. The van der Waals surface area contributed by atoms with E-state index in [4.69, 9.17) is 4.74 Å². The Labute approximate surface area is 169 Å². The molecule has 2 amide bonds. The van der Waals surface area contributed by atoms with Gasteiger partial charge in [0.1, 0.15) is 5.82 Å². The van der Waals surface area contributed by atoms with Crippen molar-refractivity contribution >= 4 is 11.8 Å². The van der Waals surface area contributed by atoms with Crippen LogP contribution < -0.4 is 0 Å². The summed E-state index contributed by atoms with van der Waals surface area (Å²) in [6, 6.07) is 3.57. The van der Waals surface area contributed by atoms with Gasteiger partial charge < -0.3 is 14.5 Å². The second-order valence-electron chi connectivity index (χ2n) is 7.45. The quantitative estimate of drug-likeness (QED) is 0.789. The fourth-order valence-corrected chi connectivity index (χ4v) is 3.94. The highest BCUT2D eigenvalue weighted by molar-refractivity contribution is 5.95. The van der Waals surface area contributed by atoms with E-state index < -0.39 is 0 Å². The molecular formula is C21H25N5O3. The molecule has 2 aromatic heterocycles. The monoisotopic (exact) mass is 395 g/mol. The smallest absolute Gasteiger partial charge is 0.257 e. The Morgan fingerprint density at radius 1 is 1.03 bits per heavy atom. The van der Waals surface area contributed by atoms with Gasteiger partial charge in [0.25, 0.3) is 11.8 Å². The van der Waals surface area contributed by atoms with E-state index in [9.17, 15) is 9.59 Å². The molecule has 4 heterocycles. The largest absolute Gasteiger partial charge is 0.378 e. The van der Waals surface area contributed by atoms with Gasteiger partial charge >= 0.3 is 0 Å². The van der Waals surface area contributed by atoms with E-state index in [0.29, 0.717) is 55.5 Å². The van der Waals surface area contributed by atoms with Crippen molar-refractivity contribution in [2.24, 2.45) is 0 Å². The van der Waals surface area contributed by atoms with Crippen LogP contribution in [0.4, 0.5) is 0 Å². The van der Waals surface area contributed by atoms with Crippen LogP contribution in [0.2, 0.25) is 0 Å². The van der Waals surface area contributed by atoms with Gasteiger partial charge in [-0.15, -0.1) is 0 Å². The third kappa shape index (κ3) is 3.98. The maximum absolute atomic E-state index is 13.1. The number of carbonyl (C=O) groups is 2. The summed E-state index contributed by atoms with van der Waals surface area (Å²) in [5.74, 6) is 0.554. The van der Waals surface area contributed by atoms with Crippen molar-refractivity contribution in [1.82, 2.24) is 24.8 Å². The van der Waals surface area contributed by atoms with Gasteiger partial charge in [0.2, 0.25) is 0 Å².